The highest BCUT2D eigenvalue weighted by Crippen LogP contribution is 2.19. The number of carbonyl (C=O) groups is 1. The third kappa shape index (κ3) is 6.21. The van der Waals surface area contributed by atoms with Gasteiger partial charge in [-0.05, 0) is 25.5 Å². The van der Waals surface area contributed by atoms with Crippen LogP contribution in [0, 0.1) is 11.3 Å². The van der Waals surface area contributed by atoms with E-state index in [0.29, 0.717) is 23.0 Å². The molecular weight excluding hydrogens is 376 g/mol. The average Bonchev–Trinajstić information content (AvgIpc) is 2.65. The lowest BCUT2D eigenvalue weighted by Crippen LogP contribution is -2.38. The van der Waals surface area contributed by atoms with Crippen LogP contribution in [0.2, 0.25) is 5.02 Å². The Morgan fingerprint density at radius 3 is 2.68 bits per heavy atom. The lowest BCUT2D eigenvalue weighted by Gasteiger charge is -2.15. The molecule has 0 spiro atoms. The molecular formula is C21H25ClN4O2. The Labute approximate surface area is 170 Å². The number of amides is 1. The molecule has 1 heterocycles. The van der Waals surface area contributed by atoms with Crippen molar-refractivity contribution in [3.8, 4) is 17.3 Å². The number of unbranched alkanes of at least 4 members (excludes halogenated alkanes) is 2. The largest absolute Gasteiger partial charge is 0.351 e. The quantitative estimate of drug-likeness (QED) is 0.650. The normalized spacial score (nSPS) is 11.6. The number of hydrogen-bond acceptors (Lipinski definition) is 4. The number of aryl methyl sites for hydroxylation is 1. The van der Waals surface area contributed by atoms with Gasteiger partial charge in [0.1, 0.15) is 12.4 Å². The fourth-order valence-electron chi connectivity index (χ4n) is 2.87. The van der Waals surface area contributed by atoms with Crippen LogP contribution in [0.4, 0.5) is 0 Å². The second-order valence-corrected chi connectivity index (χ2v) is 7.21. The predicted octanol–water partition coefficient (Wildman–Crippen LogP) is 3.71. The van der Waals surface area contributed by atoms with E-state index in [9.17, 15) is 9.59 Å². The first kappa shape index (κ1) is 21.6. The van der Waals surface area contributed by atoms with Crippen molar-refractivity contribution in [1.29, 1.82) is 5.26 Å². The van der Waals surface area contributed by atoms with Crippen LogP contribution in [0.1, 0.15) is 45.4 Å². The Kier molecular flexibility index (Phi) is 8.21. The molecule has 7 heteroatoms. The summed E-state index contributed by atoms with van der Waals surface area (Å²) in [5.41, 5.74) is 1.11. The predicted molar refractivity (Wildman–Crippen MR) is 110 cm³/mol. The smallest absolute Gasteiger partial charge is 0.254 e. The number of benzene rings is 1. The van der Waals surface area contributed by atoms with Crippen LogP contribution >= 0.6 is 11.6 Å². The van der Waals surface area contributed by atoms with Crippen molar-refractivity contribution >= 4 is 17.5 Å². The fraction of sp³-hybridized carbons (Fsp3) is 0.429. The van der Waals surface area contributed by atoms with Crippen LogP contribution in [-0.2, 0) is 17.8 Å². The van der Waals surface area contributed by atoms with Crippen LogP contribution in [0.5, 0.6) is 0 Å². The molecule has 0 radical (unpaired) electrons. The lowest BCUT2D eigenvalue weighted by atomic mass is 10.1. The van der Waals surface area contributed by atoms with E-state index < -0.39 is 0 Å². The zero-order valence-electron chi connectivity index (χ0n) is 16.2. The first-order valence-corrected chi connectivity index (χ1v) is 9.85. The van der Waals surface area contributed by atoms with Crippen molar-refractivity contribution < 1.29 is 4.79 Å². The summed E-state index contributed by atoms with van der Waals surface area (Å²) in [6.07, 6.45) is 3.79. The Hall–Kier alpha value is -2.65. The first-order valence-electron chi connectivity index (χ1n) is 9.47. The topological polar surface area (TPSA) is 87.8 Å². The molecule has 0 aliphatic carbocycles. The maximum absolute atomic E-state index is 12.7. The van der Waals surface area contributed by atoms with Crippen molar-refractivity contribution in [3.63, 3.8) is 0 Å². The SMILES string of the molecule is CCCCCc1nc(-c2ccc(Cl)cc2)cc(=O)n1CC(=O)NC(C)CC#N. The zero-order valence-corrected chi connectivity index (χ0v) is 17.0. The van der Waals surface area contributed by atoms with Gasteiger partial charge >= 0.3 is 0 Å². The molecule has 2 aromatic rings. The third-order valence-corrected chi connectivity index (χ3v) is 4.59. The molecule has 1 aromatic carbocycles. The van der Waals surface area contributed by atoms with Gasteiger partial charge in [0.2, 0.25) is 5.91 Å². The van der Waals surface area contributed by atoms with Gasteiger partial charge in [0.05, 0.1) is 18.2 Å². The Morgan fingerprint density at radius 1 is 1.32 bits per heavy atom. The fourth-order valence-corrected chi connectivity index (χ4v) is 2.99. The van der Waals surface area contributed by atoms with Gasteiger partial charge in [-0.2, -0.15) is 5.26 Å². The third-order valence-electron chi connectivity index (χ3n) is 4.34. The van der Waals surface area contributed by atoms with Crippen molar-refractivity contribution in [1.82, 2.24) is 14.9 Å². The van der Waals surface area contributed by atoms with E-state index in [0.717, 1.165) is 24.8 Å². The maximum Gasteiger partial charge on any atom is 0.254 e. The van der Waals surface area contributed by atoms with Crippen molar-refractivity contribution in [2.45, 2.75) is 58.5 Å². The summed E-state index contributed by atoms with van der Waals surface area (Å²) in [6.45, 7) is 3.76. The zero-order chi connectivity index (χ0) is 20.5. The Bertz CT molecular complexity index is 900. The second-order valence-electron chi connectivity index (χ2n) is 6.78. The first-order chi connectivity index (χ1) is 13.4. The number of carbonyl (C=O) groups excluding carboxylic acids is 1. The standard InChI is InChI=1S/C21H25ClN4O2/c1-3-4-5-6-19-25-18(16-7-9-17(22)10-8-16)13-21(28)26(19)14-20(27)24-15(2)11-12-23/h7-10,13,15H,3-6,11,14H2,1-2H3,(H,24,27). The van der Waals surface area contributed by atoms with E-state index >= 15 is 0 Å². The highest BCUT2D eigenvalue weighted by atomic mass is 35.5. The maximum atomic E-state index is 12.7. The Balaban J connectivity index is 2.32. The molecule has 0 aliphatic heterocycles. The molecule has 0 saturated carbocycles. The molecule has 1 unspecified atom stereocenters. The average molecular weight is 401 g/mol. The van der Waals surface area contributed by atoms with Crippen LogP contribution in [-0.4, -0.2) is 21.5 Å². The Morgan fingerprint density at radius 2 is 2.04 bits per heavy atom. The van der Waals surface area contributed by atoms with Crippen molar-refractivity contribution in [2.24, 2.45) is 0 Å². The molecule has 0 aliphatic rings. The van der Waals surface area contributed by atoms with E-state index in [4.69, 9.17) is 16.9 Å². The molecule has 28 heavy (non-hydrogen) atoms. The van der Waals surface area contributed by atoms with Gasteiger partial charge in [-0.1, -0.05) is 43.5 Å². The summed E-state index contributed by atoms with van der Waals surface area (Å²) in [4.78, 5) is 29.7. The summed E-state index contributed by atoms with van der Waals surface area (Å²) in [5, 5.41) is 12.1. The molecule has 0 fully saturated rings. The second kappa shape index (κ2) is 10.6. The molecule has 2 rings (SSSR count). The van der Waals surface area contributed by atoms with Gasteiger partial charge in [0.25, 0.3) is 5.56 Å². The van der Waals surface area contributed by atoms with E-state index in [1.807, 2.05) is 18.2 Å². The van der Waals surface area contributed by atoms with Gasteiger partial charge in [-0.15, -0.1) is 0 Å². The van der Waals surface area contributed by atoms with Gasteiger partial charge in [-0.25, -0.2) is 4.98 Å². The number of halogens is 1. The molecule has 1 amide bonds. The van der Waals surface area contributed by atoms with Gasteiger partial charge in [-0.3, -0.25) is 14.2 Å². The number of nitrogens with zero attached hydrogens (tertiary/aromatic N) is 3. The summed E-state index contributed by atoms with van der Waals surface area (Å²) in [6, 6.07) is 10.3. The van der Waals surface area contributed by atoms with Crippen molar-refractivity contribution in [3.05, 3.63) is 51.5 Å². The minimum Gasteiger partial charge on any atom is -0.351 e. The van der Waals surface area contributed by atoms with Gasteiger partial charge in [0, 0.05) is 29.1 Å². The van der Waals surface area contributed by atoms with Crippen LogP contribution in [0.25, 0.3) is 11.3 Å². The number of nitriles is 1. The summed E-state index contributed by atoms with van der Waals surface area (Å²) >= 11 is 5.94. The summed E-state index contributed by atoms with van der Waals surface area (Å²) in [5.74, 6) is 0.289. The highest BCUT2D eigenvalue weighted by Gasteiger charge is 2.14. The molecule has 1 atom stereocenters. The molecule has 1 N–H and O–H groups in total. The molecule has 148 valence electrons. The lowest BCUT2D eigenvalue weighted by molar-refractivity contribution is -0.122. The van der Waals surface area contributed by atoms with E-state index in [1.54, 1.807) is 19.1 Å². The molecule has 0 saturated heterocycles. The van der Waals surface area contributed by atoms with E-state index in [2.05, 4.69) is 17.2 Å². The van der Waals surface area contributed by atoms with Gasteiger partial charge in [0.15, 0.2) is 0 Å². The number of nitrogens with one attached hydrogen (secondary N) is 1. The number of aromatic nitrogens is 2. The number of rotatable bonds is 9. The van der Waals surface area contributed by atoms with Gasteiger partial charge < -0.3 is 5.32 Å². The van der Waals surface area contributed by atoms with Crippen LogP contribution in [0.3, 0.4) is 0 Å². The highest BCUT2D eigenvalue weighted by molar-refractivity contribution is 6.30. The van der Waals surface area contributed by atoms with E-state index in [-0.39, 0.29) is 30.5 Å². The molecule has 1 aromatic heterocycles. The monoisotopic (exact) mass is 400 g/mol. The summed E-state index contributed by atoms with van der Waals surface area (Å²) < 4.78 is 1.42. The molecule has 6 nitrogen and oxygen atoms in total. The van der Waals surface area contributed by atoms with Crippen LogP contribution in [0.15, 0.2) is 35.1 Å². The minimum atomic E-state index is -0.303. The van der Waals surface area contributed by atoms with Crippen LogP contribution < -0.4 is 10.9 Å². The number of hydrogen-bond donors (Lipinski definition) is 1. The molecule has 0 bridgehead atoms. The summed E-state index contributed by atoms with van der Waals surface area (Å²) in [7, 11) is 0. The van der Waals surface area contributed by atoms with E-state index in [1.165, 1.54) is 10.6 Å². The minimum absolute atomic E-state index is 0.107. The van der Waals surface area contributed by atoms with Crippen molar-refractivity contribution in [2.75, 3.05) is 0 Å².